The fraction of sp³-hybridized carbons (Fsp3) is 0.688. The highest BCUT2D eigenvalue weighted by Gasteiger charge is 2.51. The first-order valence-corrected chi connectivity index (χ1v) is 8.42. The van der Waals surface area contributed by atoms with Crippen molar-refractivity contribution in [2.24, 2.45) is 5.41 Å². The summed E-state index contributed by atoms with van der Waals surface area (Å²) in [5.41, 5.74) is 0.157. The average Bonchev–Trinajstić information content (AvgIpc) is 2.77. The van der Waals surface area contributed by atoms with Crippen LogP contribution in [0.4, 0.5) is 11.5 Å². The van der Waals surface area contributed by atoms with Gasteiger partial charge in [0.05, 0.1) is 9.95 Å². The van der Waals surface area contributed by atoms with E-state index >= 15 is 0 Å². The smallest absolute Gasteiger partial charge is 0.312 e. The lowest BCUT2D eigenvalue weighted by Gasteiger charge is -2.48. The molecule has 2 saturated heterocycles. The van der Waals surface area contributed by atoms with Crippen molar-refractivity contribution in [2.45, 2.75) is 64.1 Å². The van der Waals surface area contributed by atoms with Crippen LogP contribution in [0.25, 0.3) is 0 Å². The zero-order valence-corrected chi connectivity index (χ0v) is 14.5. The third-order valence-electron chi connectivity index (χ3n) is 5.37. The van der Waals surface area contributed by atoms with Crippen LogP contribution in [0.5, 0.6) is 0 Å². The van der Waals surface area contributed by atoms with E-state index in [4.69, 9.17) is 11.6 Å². The van der Waals surface area contributed by atoms with Crippen molar-refractivity contribution in [2.75, 3.05) is 5.32 Å². The summed E-state index contributed by atoms with van der Waals surface area (Å²) in [6.07, 6.45) is 5.65. The predicted molar refractivity (Wildman–Crippen MR) is 90.9 cm³/mol. The molecular weight excluding hydrogens is 316 g/mol. The van der Waals surface area contributed by atoms with Gasteiger partial charge in [-0.2, -0.15) is 0 Å². The molecule has 2 N–H and O–H groups in total. The molecule has 1 aromatic rings. The van der Waals surface area contributed by atoms with Crippen LogP contribution in [0.15, 0.2) is 12.3 Å². The van der Waals surface area contributed by atoms with Crippen molar-refractivity contribution in [3.63, 3.8) is 0 Å². The summed E-state index contributed by atoms with van der Waals surface area (Å²) in [4.78, 5) is 14.9. The Kier molecular flexibility index (Phi) is 4.01. The molecular formula is C16H23ClN4O2. The number of halogens is 1. The third kappa shape index (κ3) is 3.02. The van der Waals surface area contributed by atoms with Crippen molar-refractivity contribution in [1.29, 1.82) is 0 Å². The van der Waals surface area contributed by atoms with Crippen molar-refractivity contribution >= 4 is 23.1 Å². The van der Waals surface area contributed by atoms with E-state index < -0.39 is 4.92 Å². The number of anilines is 1. The molecule has 0 spiro atoms. The minimum Gasteiger partial charge on any atom is -0.361 e. The molecule has 0 radical (unpaired) electrons. The lowest BCUT2D eigenvalue weighted by Crippen LogP contribution is -2.59. The Bertz CT molecular complexity index is 631. The predicted octanol–water partition coefficient (Wildman–Crippen LogP) is 3.75. The second kappa shape index (κ2) is 5.60. The zero-order chi connectivity index (χ0) is 16.8. The Morgan fingerprint density at radius 2 is 2.26 bits per heavy atom. The first-order chi connectivity index (χ1) is 10.7. The van der Waals surface area contributed by atoms with Gasteiger partial charge >= 0.3 is 5.69 Å². The number of piperidine rings is 1. The Labute approximate surface area is 141 Å². The van der Waals surface area contributed by atoms with E-state index in [0.29, 0.717) is 11.9 Å². The number of hydrogen-bond donors (Lipinski definition) is 2. The van der Waals surface area contributed by atoms with Crippen LogP contribution < -0.4 is 10.6 Å². The number of fused-ring (bicyclic) bond motifs is 2. The summed E-state index contributed by atoms with van der Waals surface area (Å²) >= 11 is 5.84. The SMILES string of the molecule is CC(C)(C)[C@@]12CC[C@@H](C[C@H](Nc3ncc(Cl)cc3[N+](=O)[O-])C1)N2. The summed E-state index contributed by atoms with van der Waals surface area (Å²) in [7, 11) is 0. The van der Waals surface area contributed by atoms with E-state index in [-0.39, 0.29) is 27.7 Å². The molecule has 1 aromatic heterocycles. The minimum absolute atomic E-state index is 0.0619. The number of rotatable bonds is 3. The maximum Gasteiger partial charge on any atom is 0.312 e. The third-order valence-corrected chi connectivity index (χ3v) is 5.58. The Balaban J connectivity index is 1.83. The topological polar surface area (TPSA) is 80.1 Å². The Morgan fingerprint density at radius 1 is 1.52 bits per heavy atom. The van der Waals surface area contributed by atoms with Crippen LogP contribution in [-0.4, -0.2) is 27.5 Å². The maximum absolute atomic E-state index is 11.2. The molecule has 2 aliphatic heterocycles. The van der Waals surface area contributed by atoms with Crippen molar-refractivity contribution in [1.82, 2.24) is 10.3 Å². The molecule has 3 atom stereocenters. The minimum atomic E-state index is -0.434. The second-order valence-electron chi connectivity index (χ2n) is 7.77. The first kappa shape index (κ1) is 16.5. The van der Waals surface area contributed by atoms with Crippen molar-refractivity contribution in [3.05, 3.63) is 27.4 Å². The molecule has 2 fully saturated rings. The standard InChI is InChI=1S/C16H23ClN4O2/c1-15(2,3)16-5-4-11(20-16)7-12(8-16)19-14-13(21(22)23)6-10(17)9-18-14/h6,9,11-12,20H,4-5,7-8H2,1-3H3,(H,18,19)/t11-,12-,16+/m0/s1. The van der Waals surface area contributed by atoms with Gasteiger partial charge in [0.2, 0.25) is 5.82 Å². The van der Waals surface area contributed by atoms with Gasteiger partial charge in [-0.3, -0.25) is 10.1 Å². The molecule has 2 bridgehead atoms. The van der Waals surface area contributed by atoms with Gasteiger partial charge in [-0.15, -0.1) is 0 Å². The van der Waals surface area contributed by atoms with Crippen molar-refractivity contribution < 1.29 is 4.92 Å². The van der Waals surface area contributed by atoms with Gasteiger partial charge in [0.1, 0.15) is 0 Å². The number of nitro groups is 1. The van der Waals surface area contributed by atoms with Crippen LogP contribution in [0.1, 0.15) is 46.5 Å². The lowest BCUT2D eigenvalue weighted by molar-refractivity contribution is -0.384. The second-order valence-corrected chi connectivity index (χ2v) is 8.21. The highest BCUT2D eigenvalue weighted by atomic mass is 35.5. The number of pyridine rings is 1. The van der Waals surface area contributed by atoms with Crippen LogP contribution in [0, 0.1) is 15.5 Å². The van der Waals surface area contributed by atoms with Gasteiger partial charge in [-0.05, 0) is 31.1 Å². The van der Waals surface area contributed by atoms with Crippen LogP contribution in [0.3, 0.4) is 0 Å². The normalized spacial score (nSPS) is 30.3. The molecule has 0 saturated carbocycles. The van der Waals surface area contributed by atoms with Gasteiger partial charge in [0.25, 0.3) is 0 Å². The number of nitrogens with zero attached hydrogens (tertiary/aromatic N) is 2. The van der Waals surface area contributed by atoms with Crippen LogP contribution in [0.2, 0.25) is 5.02 Å². The van der Waals surface area contributed by atoms with Gasteiger partial charge < -0.3 is 10.6 Å². The molecule has 7 heteroatoms. The fourth-order valence-corrected chi connectivity index (χ4v) is 4.17. The Morgan fingerprint density at radius 3 is 2.91 bits per heavy atom. The first-order valence-electron chi connectivity index (χ1n) is 8.04. The largest absolute Gasteiger partial charge is 0.361 e. The zero-order valence-electron chi connectivity index (χ0n) is 13.7. The summed E-state index contributed by atoms with van der Waals surface area (Å²) in [6, 6.07) is 1.99. The van der Waals surface area contributed by atoms with Gasteiger partial charge in [0.15, 0.2) is 0 Å². The highest BCUT2D eigenvalue weighted by molar-refractivity contribution is 6.30. The number of nitrogens with one attached hydrogen (secondary N) is 2. The molecule has 3 rings (SSSR count). The Hall–Kier alpha value is -1.40. The molecule has 2 aliphatic rings. The van der Waals surface area contributed by atoms with E-state index in [9.17, 15) is 10.1 Å². The summed E-state index contributed by atoms with van der Waals surface area (Å²) in [6.45, 7) is 6.77. The fourth-order valence-electron chi connectivity index (χ4n) is 4.02. The summed E-state index contributed by atoms with van der Waals surface area (Å²) in [5, 5.41) is 18.6. The number of hydrogen-bond acceptors (Lipinski definition) is 5. The monoisotopic (exact) mass is 338 g/mol. The lowest BCUT2D eigenvalue weighted by atomic mass is 9.68. The molecule has 6 nitrogen and oxygen atoms in total. The van der Waals surface area contributed by atoms with Gasteiger partial charge in [-0.25, -0.2) is 4.98 Å². The molecule has 0 aliphatic carbocycles. The quantitative estimate of drug-likeness (QED) is 0.648. The molecule has 0 amide bonds. The molecule has 126 valence electrons. The molecule has 23 heavy (non-hydrogen) atoms. The molecule has 0 unspecified atom stereocenters. The average molecular weight is 339 g/mol. The molecule has 0 aromatic carbocycles. The number of aromatic nitrogens is 1. The van der Waals surface area contributed by atoms with Crippen LogP contribution >= 0.6 is 11.6 Å². The summed E-state index contributed by atoms with van der Waals surface area (Å²) in [5.74, 6) is 0.315. The van der Waals surface area contributed by atoms with E-state index in [1.165, 1.54) is 12.3 Å². The van der Waals surface area contributed by atoms with E-state index in [1.54, 1.807) is 0 Å². The maximum atomic E-state index is 11.2. The van der Waals surface area contributed by atoms with Crippen molar-refractivity contribution in [3.8, 4) is 0 Å². The molecule has 3 heterocycles. The van der Waals surface area contributed by atoms with E-state index in [1.807, 2.05) is 0 Å². The summed E-state index contributed by atoms with van der Waals surface area (Å²) < 4.78 is 0. The van der Waals surface area contributed by atoms with E-state index in [2.05, 4.69) is 36.4 Å². The highest BCUT2D eigenvalue weighted by Crippen LogP contribution is 2.47. The van der Waals surface area contributed by atoms with Crippen LogP contribution in [-0.2, 0) is 0 Å². The van der Waals surface area contributed by atoms with Gasteiger partial charge in [-0.1, -0.05) is 32.4 Å². The van der Waals surface area contributed by atoms with Gasteiger partial charge in [0, 0.05) is 29.9 Å². The van der Waals surface area contributed by atoms with E-state index in [0.717, 1.165) is 25.7 Å².